The molecular weight excluding hydrogens is 116 g/mol. The molecule has 0 unspecified atom stereocenters. The Bertz CT molecular complexity index is 105. The Morgan fingerprint density at radius 2 is 2.33 bits per heavy atom. The van der Waals surface area contributed by atoms with Gasteiger partial charge in [0.05, 0.1) is 6.61 Å². The van der Waals surface area contributed by atoms with Crippen molar-refractivity contribution < 1.29 is 9.53 Å². The molecule has 0 radical (unpaired) electrons. The van der Waals surface area contributed by atoms with E-state index in [0.717, 1.165) is 6.42 Å². The molecule has 0 bridgehead atoms. The van der Waals surface area contributed by atoms with E-state index in [1.165, 1.54) is 0 Å². The monoisotopic (exact) mass is 126 g/mol. The Morgan fingerprint density at radius 1 is 1.56 bits per heavy atom. The number of carbonyl (C=O) groups is 1. The summed E-state index contributed by atoms with van der Waals surface area (Å²) < 4.78 is 4.41. The lowest BCUT2D eigenvalue weighted by Crippen LogP contribution is -1.87. The summed E-state index contributed by atoms with van der Waals surface area (Å²) in [6, 6.07) is 0. The second-order valence-electron chi connectivity index (χ2n) is 1.42. The maximum Gasteiger partial charge on any atom is 0.293 e. The highest BCUT2D eigenvalue weighted by atomic mass is 16.5. The zero-order chi connectivity index (χ0) is 6.95. The van der Waals surface area contributed by atoms with Crippen LogP contribution in [0.1, 0.15) is 6.42 Å². The highest BCUT2D eigenvalue weighted by molar-refractivity contribution is 5.36. The van der Waals surface area contributed by atoms with Crippen molar-refractivity contribution in [2.24, 2.45) is 0 Å². The number of ether oxygens (including phenoxy) is 1. The van der Waals surface area contributed by atoms with Gasteiger partial charge in [-0.1, -0.05) is 24.8 Å². The summed E-state index contributed by atoms with van der Waals surface area (Å²) in [4.78, 5) is 9.57. The molecule has 0 saturated heterocycles. The Labute approximate surface area is 54.8 Å². The van der Waals surface area contributed by atoms with Gasteiger partial charge >= 0.3 is 0 Å². The van der Waals surface area contributed by atoms with Gasteiger partial charge in [-0.05, 0) is 6.42 Å². The summed E-state index contributed by atoms with van der Waals surface area (Å²) in [5.74, 6) is 0. The molecule has 0 fully saturated rings. The van der Waals surface area contributed by atoms with E-state index in [2.05, 4.69) is 11.3 Å². The second-order valence-corrected chi connectivity index (χ2v) is 1.42. The lowest BCUT2D eigenvalue weighted by molar-refractivity contribution is -0.128. The van der Waals surface area contributed by atoms with Gasteiger partial charge in [-0.3, -0.25) is 4.79 Å². The lowest BCUT2D eigenvalue weighted by atomic mass is 10.4. The van der Waals surface area contributed by atoms with E-state index in [-0.39, 0.29) is 0 Å². The zero-order valence-electron chi connectivity index (χ0n) is 5.25. The molecule has 0 aromatic rings. The molecule has 0 N–H and O–H groups in total. The van der Waals surface area contributed by atoms with Crippen molar-refractivity contribution in [3.05, 3.63) is 24.8 Å². The summed E-state index contributed by atoms with van der Waals surface area (Å²) in [6.45, 7) is 4.38. The summed E-state index contributed by atoms with van der Waals surface area (Å²) in [5.41, 5.74) is 0. The van der Waals surface area contributed by atoms with E-state index in [0.29, 0.717) is 13.1 Å². The molecule has 0 amide bonds. The topological polar surface area (TPSA) is 26.3 Å². The largest absolute Gasteiger partial charge is 0.468 e. The first-order valence-electron chi connectivity index (χ1n) is 2.74. The third kappa shape index (κ3) is 6.95. The highest BCUT2D eigenvalue weighted by Gasteiger charge is 1.76. The van der Waals surface area contributed by atoms with Gasteiger partial charge in [0.2, 0.25) is 0 Å². The molecule has 0 saturated carbocycles. The molecule has 0 aromatic carbocycles. The van der Waals surface area contributed by atoms with Crippen LogP contribution in [0.15, 0.2) is 24.8 Å². The van der Waals surface area contributed by atoms with Gasteiger partial charge in [0.1, 0.15) is 0 Å². The molecule has 0 aliphatic heterocycles. The number of rotatable bonds is 5. The van der Waals surface area contributed by atoms with E-state index in [1.807, 2.05) is 12.2 Å². The van der Waals surface area contributed by atoms with Crippen molar-refractivity contribution >= 4 is 6.47 Å². The van der Waals surface area contributed by atoms with Gasteiger partial charge in [-0.15, -0.1) is 0 Å². The van der Waals surface area contributed by atoms with E-state index in [1.54, 1.807) is 6.08 Å². The molecule has 0 aliphatic carbocycles. The molecule has 0 aromatic heterocycles. The van der Waals surface area contributed by atoms with Crippen LogP contribution in [-0.4, -0.2) is 13.1 Å². The maximum absolute atomic E-state index is 9.57. The molecular formula is C7H10O2. The van der Waals surface area contributed by atoms with Crippen molar-refractivity contribution in [1.29, 1.82) is 0 Å². The number of hydrogen-bond donors (Lipinski definition) is 0. The minimum absolute atomic E-state index is 0.446. The Hall–Kier alpha value is -1.05. The fourth-order valence-corrected chi connectivity index (χ4v) is 0.377. The van der Waals surface area contributed by atoms with Crippen molar-refractivity contribution in [3.63, 3.8) is 0 Å². The van der Waals surface area contributed by atoms with Gasteiger partial charge in [0.25, 0.3) is 6.47 Å². The molecule has 0 aliphatic rings. The van der Waals surface area contributed by atoms with Crippen LogP contribution in [0.5, 0.6) is 0 Å². The van der Waals surface area contributed by atoms with Crippen LogP contribution >= 0.6 is 0 Å². The fourth-order valence-electron chi connectivity index (χ4n) is 0.377. The summed E-state index contributed by atoms with van der Waals surface area (Å²) >= 11 is 0. The van der Waals surface area contributed by atoms with Crippen LogP contribution in [0, 0.1) is 0 Å². The van der Waals surface area contributed by atoms with E-state index in [4.69, 9.17) is 0 Å². The Morgan fingerprint density at radius 3 is 2.89 bits per heavy atom. The third-order valence-electron chi connectivity index (χ3n) is 0.743. The summed E-state index contributed by atoms with van der Waals surface area (Å²) in [6.07, 6.45) is 6.14. The van der Waals surface area contributed by atoms with Gasteiger partial charge in [-0.2, -0.15) is 0 Å². The zero-order valence-corrected chi connectivity index (χ0v) is 5.25. The van der Waals surface area contributed by atoms with Crippen LogP contribution < -0.4 is 0 Å². The third-order valence-corrected chi connectivity index (χ3v) is 0.743. The lowest BCUT2D eigenvalue weighted by Gasteiger charge is -1.89. The first-order chi connectivity index (χ1) is 4.41. The highest BCUT2D eigenvalue weighted by Crippen LogP contribution is 1.82. The van der Waals surface area contributed by atoms with Crippen molar-refractivity contribution in [3.8, 4) is 0 Å². The normalized spacial score (nSPS) is 9.33. The van der Waals surface area contributed by atoms with Crippen LogP contribution in [0.25, 0.3) is 0 Å². The maximum atomic E-state index is 9.57. The molecule has 0 rings (SSSR count). The number of hydrogen-bond acceptors (Lipinski definition) is 2. The van der Waals surface area contributed by atoms with Crippen molar-refractivity contribution in [2.45, 2.75) is 6.42 Å². The van der Waals surface area contributed by atoms with Crippen LogP contribution in [0.4, 0.5) is 0 Å². The van der Waals surface area contributed by atoms with Crippen molar-refractivity contribution in [1.82, 2.24) is 0 Å². The smallest absolute Gasteiger partial charge is 0.293 e. The van der Waals surface area contributed by atoms with E-state index >= 15 is 0 Å². The van der Waals surface area contributed by atoms with Gasteiger partial charge in [-0.25, -0.2) is 0 Å². The minimum atomic E-state index is 0.446. The van der Waals surface area contributed by atoms with Gasteiger partial charge in [0, 0.05) is 0 Å². The van der Waals surface area contributed by atoms with Gasteiger partial charge in [0.15, 0.2) is 0 Å². The molecule has 2 nitrogen and oxygen atoms in total. The molecule has 0 spiro atoms. The van der Waals surface area contributed by atoms with E-state index in [9.17, 15) is 4.79 Å². The molecule has 0 atom stereocenters. The van der Waals surface area contributed by atoms with Gasteiger partial charge < -0.3 is 4.74 Å². The molecule has 0 heterocycles. The fraction of sp³-hybridized carbons (Fsp3) is 0.286. The standard InChI is InChI=1S/C7H10O2/c1-2-3-4-5-6-9-7-8/h2-4,7H,1,5-6H2/b4-3+. The average Bonchev–Trinajstić information content (AvgIpc) is 1.89. The first kappa shape index (κ1) is 7.95. The summed E-state index contributed by atoms with van der Waals surface area (Å²) in [5, 5.41) is 0. The predicted molar refractivity (Wildman–Crippen MR) is 36.0 cm³/mol. The van der Waals surface area contributed by atoms with Crippen LogP contribution in [-0.2, 0) is 9.53 Å². The molecule has 2 heteroatoms. The van der Waals surface area contributed by atoms with Crippen molar-refractivity contribution in [2.75, 3.05) is 6.61 Å². The summed E-state index contributed by atoms with van der Waals surface area (Å²) in [7, 11) is 0. The average molecular weight is 126 g/mol. The quantitative estimate of drug-likeness (QED) is 0.315. The SMILES string of the molecule is C=C/C=C/CCOC=O. The van der Waals surface area contributed by atoms with Crippen LogP contribution in [0.2, 0.25) is 0 Å². The minimum Gasteiger partial charge on any atom is -0.468 e. The Balaban J connectivity index is 2.98. The Kier molecular flexibility index (Phi) is 6.14. The van der Waals surface area contributed by atoms with E-state index < -0.39 is 0 Å². The number of allylic oxidation sites excluding steroid dienone is 2. The molecule has 9 heavy (non-hydrogen) atoms. The predicted octanol–water partition coefficient (Wildman–Crippen LogP) is 1.29. The first-order valence-corrected chi connectivity index (χ1v) is 2.74. The van der Waals surface area contributed by atoms with Crippen LogP contribution in [0.3, 0.4) is 0 Å². The second kappa shape index (κ2) is 6.95. The number of carbonyl (C=O) groups excluding carboxylic acids is 1. The molecule has 50 valence electrons.